The van der Waals surface area contributed by atoms with Gasteiger partial charge in [-0.3, -0.25) is 4.79 Å². The van der Waals surface area contributed by atoms with Crippen LogP contribution in [0.1, 0.15) is 17.3 Å². The van der Waals surface area contributed by atoms with E-state index < -0.39 is 0 Å². The van der Waals surface area contributed by atoms with Gasteiger partial charge in [-0.1, -0.05) is 0 Å². The monoisotopic (exact) mass is 232 g/mol. The third kappa shape index (κ3) is 3.18. The number of hydrogen-bond donors (Lipinski definition) is 1. The summed E-state index contributed by atoms with van der Waals surface area (Å²) in [7, 11) is 3.40. The summed E-state index contributed by atoms with van der Waals surface area (Å²) < 4.78 is 0. The molecule has 0 aliphatic carbocycles. The lowest BCUT2D eigenvalue weighted by atomic mass is 10.1. The molecule has 5 nitrogen and oxygen atoms in total. The Labute approximate surface area is 101 Å². The summed E-state index contributed by atoms with van der Waals surface area (Å²) in [5, 5.41) is 11.6. The molecule has 1 N–H and O–H groups in total. The maximum atomic E-state index is 12.1. The highest BCUT2D eigenvalue weighted by molar-refractivity contribution is 5.98. The first-order valence-corrected chi connectivity index (χ1v) is 5.38. The van der Waals surface area contributed by atoms with E-state index in [1.54, 1.807) is 39.3 Å². The molecular weight excluding hydrogens is 216 g/mol. The summed E-state index contributed by atoms with van der Waals surface area (Å²) in [6, 6.07) is 5.54. The van der Waals surface area contributed by atoms with E-state index in [0.29, 0.717) is 17.9 Å². The van der Waals surface area contributed by atoms with Gasteiger partial charge in [0.2, 0.25) is 0 Å². The Morgan fingerprint density at radius 2 is 2.41 bits per heavy atom. The van der Waals surface area contributed by atoms with Crippen molar-refractivity contribution in [3.63, 3.8) is 0 Å². The van der Waals surface area contributed by atoms with Gasteiger partial charge in [-0.15, -0.1) is 0 Å². The molecule has 0 saturated carbocycles. The number of pyridine rings is 1. The van der Waals surface area contributed by atoms with Crippen LogP contribution in [-0.4, -0.2) is 36.4 Å². The van der Waals surface area contributed by atoms with Gasteiger partial charge in [0, 0.05) is 26.8 Å². The lowest BCUT2D eigenvalue weighted by molar-refractivity contribution is 0.0785. The van der Waals surface area contributed by atoms with Crippen molar-refractivity contribution in [2.45, 2.75) is 6.92 Å². The molecule has 0 fully saturated rings. The van der Waals surface area contributed by atoms with E-state index in [-0.39, 0.29) is 11.8 Å². The van der Waals surface area contributed by atoms with Crippen molar-refractivity contribution in [2.24, 2.45) is 5.92 Å². The van der Waals surface area contributed by atoms with Crippen molar-refractivity contribution >= 4 is 11.7 Å². The minimum absolute atomic E-state index is 0.135. The molecule has 17 heavy (non-hydrogen) atoms. The Kier molecular flexibility index (Phi) is 4.46. The highest BCUT2D eigenvalue weighted by Gasteiger charge is 2.17. The fourth-order valence-electron chi connectivity index (χ4n) is 1.52. The predicted octanol–water partition coefficient (Wildman–Crippen LogP) is 1.35. The van der Waals surface area contributed by atoms with E-state index in [0.717, 1.165) is 0 Å². The number of anilines is 1. The van der Waals surface area contributed by atoms with Crippen molar-refractivity contribution in [3.05, 3.63) is 23.9 Å². The SMILES string of the molecule is CNc1ncccc1C(=O)N(C)CC(C)C#N. The molecule has 0 aromatic carbocycles. The molecule has 0 aliphatic heterocycles. The molecule has 0 aliphatic rings. The van der Waals surface area contributed by atoms with Crippen molar-refractivity contribution in [3.8, 4) is 6.07 Å². The molecular formula is C12H16N4O. The molecule has 0 saturated heterocycles. The van der Waals surface area contributed by atoms with Crippen molar-refractivity contribution in [1.29, 1.82) is 5.26 Å². The van der Waals surface area contributed by atoms with E-state index in [4.69, 9.17) is 5.26 Å². The predicted molar refractivity (Wildman–Crippen MR) is 65.5 cm³/mol. The van der Waals surface area contributed by atoms with Crippen LogP contribution in [0.15, 0.2) is 18.3 Å². The number of aromatic nitrogens is 1. The highest BCUT2D eigenvalue weighted by atomic mass is 16.2. The van der Waals surface area contributed by atoms with Gasteiger partial charge in [0.25, 0.3) is 5.91 Å². The number of nitrogens with zero attached hydrogens (tertiary/aromatic N) is 3. The third-order valence-electron chi connectivity index (χ3n) is 2.39. The van der Waals surface area contributed by atoms with Crippen LogP contribution in [0.25, 0.3) is 0 Å². The van der Waals surface area contributed by atoms with E-state index in [1.807, 2.05) is 0 Å². The molecule has 1 aromatic rings. The summed E-state index contributed by atoms with van der Waals surface area (Å²) in [5.74, 6) is 0.233. The maximum absolute atomic E-state index is 12.1. The zero-order valence-electron chi connectivity index (χ0n) is 10.3. The van der Waals surface area contributed by atoms with Gasteiger partial charge in [0.1, 0.15) is 5.82 Å². The average molecular weight is 232 g/mol. The van der Waals surface area contributed by atoms with E-state index in [1.165, 1.54) is 4.90 Å². The third-order valence-corrected chi connectivity index (χ3v) is 2.39. The Balaban J connectivity index is 2.86. The van der Waals surface area contributed by atoms with Crippen LogP contribution >= 0.6 is 0 Å². The first-order valence-electron chi connectivity index (χ1n) is 5.38. The maximum Gasteiger partial charge on any atom is 0.257 e. The largest absolute Gasteiger partial charge is 0.372 e. The fraction of sp³-hybridized carbons (Fsp3) is 0.417. The minimum Gasteiger partial charge on any atom is -0.372 e. The molecule has 0 spiro atoms. The molecule has 1 rings (SSSR count). The second-order valence-corrected chi connectivity index (χ2v) is 3.87. The lowest BCUT2D eigenvalue weighted by Crippen LogP contribution is -2.31. The van der Waals surface area contributed by atoms with Crippen LogP contribution in [-0.2, 0) is 0 Å². The first kappa shape index (κ1) is 13.0. The van der Waals surface area contributed by atoms with Crippen LogP contribution in [0.2, 0.25) is 0 Å². The number of nitrogens with one attached hydrogen (secondary N) is 1. The van der Waals surface area contributed by atoms with Crippen LogP contribution in [0.4, 0.5) is 5.82 Å². The Morgan fingerprint density at radius 1 is 1.71 bits per heavy atom. The van der Waals surface area contributed by atoms with E-state index in [9.17, 15) is 4.79 Å². The quantitative estimate of drug-likeness (QED) is 0.850. The first-order chi connectivity index (χ1) is 8.10. The Hall–Kier alpha value is -2.09. The average Bonchev–Trinajstić information content (AvgIpc) is 2.37. The van der Waals surface area contributed by atoms with Crippen LogP contribution < -0.4 is 5.32 Å². The molecule has 1 heterocycles. The fourth-order valence-corrected chi connectivity index (χ4v) is 1.52. The zero-order chi connectivity index (χ0) is 12.8. The van der Waals surface area contributed by atoms with Gasteiger partial charge < -0.3 is 10.2 Å². The molecule has 1 aromatic heterocycles. The minimum atomic E-state index is -0.182. The van der Waals surface area contributed by atoms with Crippen molar-refractivity contribution in [2.75, 3.05) is 26.0 Å². The second kappa shape index (κ2) is 5.85. The number of nitriles is 1. The standard InChI is InChI=1S/C12H16N4O/c1-9(7-13)8-16(3)12(17)10-5-4-6-15-11(10)14-2/h4-6,9H,8H2,1-3H3,(H,14,15). The number of hydrogen-bond acceptors (Lipinski definition) is 4. The van der Waals surface area contributed by atoms with Crippen molar-refractivity contribution < 1.29 is 4.79 Å². The normalized spacial score (nSPS) is 11.4. The van der Waals surface area contributed by atoms with Crippen LogP contribution in [0.3, 0.4) is 0 Å². The Bertz CT molecular complexity index is 438. The molecule has 90 valence electrons. The van der Waals surface area contributed by atoms with E-state index in [2.05, 4.69) is 16.4 Å². The summed E-state index contributed by atoms with van der Waals surface area (Å²) in [5.41, 5.74) is 0.516. The number of carbonyl (C=O) groups excluding carboxylic acids is 1. The summed E-state index contributed by atoms with van der Waals surface area (Å²) >= 11 is 0. The summed E-state index contributed by atoms with van der Waals surface area (Å²) in [4.78, 5) is 17.7. The lowest BCUT2D eigenvalue weighted by Gasteiger charge is -2.19. The molecule has 1 atom stereocenters. The van der Waals surface area contributed by atoms with Crippen LogP contribution in [0, 0.1) is 17.2 Å². The molecule has 0 radical (unpaired) electrons. The smallest absolute Gasteiger partial charge is 0.257 e. The van der Waals surface area contributed by atoms with Crippen molar-refractivity contribution in [1.82, 2.24) is 9.88 Å². The molecule has 1 unspecified atom stereocenters. The molecule has 0 bridgehead atoms. The highest BCUT2D eigenvalue weighted by Crippen LogP contribution is 2.13. The van der Waals surface area contributed by atoms with Gasteiger partial charge in [-0.05, 0) is 19.1 Å². The second-order valence-electron chi connectivity index (χ2n) is 3.87. The zero-order valence-corrected chi connectivity index (χ0v) is 10.3. The summed E-state index contributed by atoms with van der Waals surface area (Å²) in [6.07, 6.45) is 1.63. The molecule has 5 heteroatoms. The topological polar surface area (TPSA) is 69.0 Å². The number of amides is 1. The number of carbonyl (C=O) groups is 1. The Morgan fingerprint density at radius 3 is 3.00 bits per heavy atom. The van der Waals surface area contributed by atoms with Gasteiger partial charge in [-0.25, -0.2) is 4.98 Å². The van der Waals surface area contributed by atoms with Crippen LogP contribution in [0.5, 0.6) is 0 Å². The molecule has 1 amide bonds. The number of rotatable bonds is 4. The van der Waals surface area contributed by atoms with Gasteiger partial charge in [0.05, 0.1) is 17.6 Å². The van der Waals surface area contributed by atoms with Gasteiger partial charge in [-0.2, -0.15) is 5.26 Å². The van der Waals surface area contributed by atoms with Gasteiger partial charge in [0.15, 0.2) is 0 Å². The summed E-state index contributed by atoms with van der Waals surface area (Å²) in [6.45, 7) is 2.19. The van der Waals surface area contributed by atoms with Gasteiger partial charge >= 0.3 is 0 Å². The van der Waals surface area contributed by atoms with E-state index >= 15 is 0 Å².